The lowest BCUT2D eigenvalue weighted by Crippen LogP contribution is -2.07. The fourth-order valence-electron chi connectivity index (χ4n) is 1.54. The van der Waals surface area contributed by atoms with Gasteiger partial charge in [0.1, 0.15) is 11.6 Å². The summed E-state index contributed by atoms with van der Waals surface area (Å²) >= 11 is 0. The standard InChI is InChI=1S/C11H10F4N4/c1-6-16-10(19(2)18-6)17-9-5-7(11(13,14)15)3-4-8(9)12/h3-5H,1-2H3,(H,16,17,18). The van der Waals surface area contributed by atoms with Crippen molar-refractivity contribution in [2.24, 2.45) is 7.05 Å². The van der Waals surface area contributed by atoms with Crippen LogP contribution < -0.4 is 5.32 Å². The van der Waals surface area contributed by atoms with E-state index in [9.17, 15) is 17.6 Å². The van der Waals surface area contributed by atoms with E-state index in [0.29, 0.717) is 18.0 Å². The number of anilines is 2. The molecule has 0 amide bonds. The summed E-state index contributed by atoms with van der Waals surface area (Å²) in [5, 5.41) is 6.39. The Balaban J connectivity index is 2.37. The minimum absolute atomic E-state index is 0.163. The van der Waals surface area contributed by atoms with Gasteiger partial charge in [-0.3, -0.25) is 0 Å². The molecule has 2 rings (SSSR count). The highest BCUT2D eigenvalue weighted by molar-refractivity contribution is 5.56. The van der Waals surface area contributed by atoms with Crippen molar-refractivity contribution in [1.29, 1.82) is 0 Å². The normalized spacial score (nSPS) is 11.7. The van der Waals surface area contributed by atoms with Crippen molar-refractivity contribution < 1.29 is 17.6 Å². The molecule has 0 atom stereocenters. The lowest BCUT2D eigenvalue weighted by atomic mass is 10.2. The van der Waals surface area contributed by atoms with Gasteiger partial charge < -0.3 is 5.32 Å². The van der Waals surface area contributed by atoms with E-state index in [-0.39, 0.29) is 11.6 Å². The van der Waals surface area contributed by atoms with Crippen LogP contribution in [0, 0.1) is 12.7 Å². The van der Waals surface area contributed by atoms with E-state index >= 15 is 0 Å². The molecule has 0 saturated carbocycles. The van der Waals surface area contributed by atoms with Crippen LogP contribution in [-0.2, 0) is 13.2 Å². The van der Waals surface area contributed by atoms with Gasteiger partial charge >= 0.3 is 6.18 Å². The lowest BCUT2D eigenvalue weighted by Gasteiger charge is -2.10. The summed E-state index contributed by atoms with van der Waals surface area (Å²) in [7, 11) is 1.55. The van der Waals surface area contributed by atoms with Crippen molar-refractivity contribution in [3.8, 4) is 0 Å². The van der Waals surface area contributed by atoms with Crippen LogP contribution >= 0.6 is 0 Å². The number of aromatic nitrogens is 3. The van der Waals surface area contributed by atoms with E-state index < -0.39 is 17.6 Å². The summed E-state index contributed by atoms with van der Waals surface area (Å²) < 4.78 is 52.4. The van der Waals surface area contributed by atoms with E-state index in [1.807, 2.05) is 0 Å². The fourth-order valence-corrected chi connectivity index (χ4v) is 1.54. The largest absolute Gasteiger partial charge is 0.416 e. The zero-order chi connectivity index (χ0) is 14.2. The molecule has 2 aromatic rings. The van der Waals surface area contributed by atoms with Gasteiger partial charge in [0.15, 0.2) is 0 Å². The van der Waals surface area contributed by atoms with Crippen molar-refractivity contribution in [2.45, 2.75) is 13.1 Å². The third kappa shape index (κ3) is 2.83. The Bertz CT molecular complexity index is 603. The molecule has 0 spiro atoms. The maximum Gasteiger partial charge on any atom is 0.416 e. The van der Waals surface area contributed by atoms with Gasteiger partial charge in [0.2, 0.25) is 5.95 Å². The van der Waals surface area contributed by atoms with Crippen molar-refractivity contribution in [2.75, 3.05) is 5.32 Å². The molecule has 19 heavy (non-hydrogen) atoms. The van der Waals surface area contributed by atoms with Gasteiger partial charge in [-0.2, -0.15) is 23.3 Å². The van der Waals surface area contributed by atoms with Crippen LogP contribution in [0.25, 0.3) is 0 Å². The Hall–Kier alpha value is -2.12. The number of hydrogen-bond acceptors (Lipinski definition) is 3. The third-order valence-electron chi connectivity index (χ3n) is 2.41. The monoisotopic (exact) mass is 274 g/mol. The van der Waals surface area contributed by atoms with E-state index in [2.05, 4.69) is 15.4 Å². The van der Waals surface area contributed by atoms with Gasteiger partial charge in [0, 0.05) is 7.05 Å². The second kappa shape index (κ2) is 4.52. The molecule has 4 nitrogen and oxygen atoms in total. The molecule has 0 radical (unpaired) electrons. The topological polar surface area (TPSA) is 42.7 Å². The molecule has 1 aromatic heterocycles. The summed E-state index contributed by atoms with van der Waals surface area (Å²) in [4.78, 5) is 3.93. The maximum atomic E-state index is 13.5. The minimum Gasteiger partial charge on any atom is -0.322 e. The first-order valence-electron chi connectivity index (χ1n) is 5.29. The highest BCUT2D eigenvalue weighted by Gasteiger charge is 2.31. The molecule has 1 heterocycles. The SMILES string of the molecule is Cc1nc(Nc2cc(C(F)(F)F)ccc2F)n(C)n1. The molecular formula is C11H10F4N4. The van der Waals surface area contributed by atoms with E-state index in [0.717, 1.165) is 6.07 Å². The molecule has 102 valence electrons. The van der Waals surface area contributed by atoms with Gasteiger partial charge in [0.25, 0.3) is 0 Å². The molecular weight excluding hydrogens is 264 g/mol. The maximum absolute atomic E-state index is 13.5. The Kier molecular flexibility index (Phi) is 3.17. The lowest BCUT2D eigenvalue weighted by molar-refractivity contribution is -0.137. The highest BCUT2D eigenvalue weighted by atomic mass is 19.4. The van der Waals surface area contributed by atoms with E-state index in [1.165, 1.54) is 4.68 Å². The molecule has 0 unspecified atom stereocenters. The van der Waals surface area contributed by atoms with Crippen LogP contribution in [0.2, 0.25) is 0 Å². The first-order valence-corrected chi connectivity index (χ1v) is 5.29. The van der Waals surface area contributed by atoms with Crippen LogP contribution in [-0.4, -0.2) is 14.8 Å². The van der Waals surface area contributed by atoms with Gasteiger partial charge in [-0.05, 0) is 25.1 Å². The summed E-state index contributed by atoms with van der Waals surface area (Å²) in [5.74, 6) is -0.207. The number of hydrogen-bond donors (Lipinski definition) is 1. The van der Waals surface area contributed by atoms with Crippen LogP contribution in [0.4, 0.5) is 29.2 Å². The minimum atomic E-state index is -4.53. The molecule has 0 bridgehead atoms. The first kappa shape index (κ1) is 13.3. The third-order valence-corrected chi connectivity index (χ3v) is 2.41. The molecule has 0 aliphatic rings. The van der Waals surface area contributed by atoms with Gasteiger partial charge in [-0.1, -0.05) is 0 Å². The highest BCUT2D eigenvalue weighted by Crippen LogP contribution is 2.32. The van der Waals surface area contributed by atoms with Crippen LogP contribution in [0.15, 0.2) is 18.2 Å². The van der Waals surface area contributed by atoms with E-state index in [1.54, 1.807) is 14.0 Å². The van der Waals surface area contributed by atoms with Crippen molar-refractivity contribution in [1.82, 2.24) is 14.8 Å². The van der Waals surface area contributed by atoms with E-state index in [4.69, 9.17) is 0 Å². The van der Waals surface area contributed by atoms with Crippen LogP contribution in [0.5, 0.6) is 0 Å². The summed E-state index contributed by atoms with van der Waals surface area (Å²) in [5.41, 5.74) is -1.24. The average Bonchev–Trinajstić information content (AvgIpc) is 2.59. The molecule has 8 heteroatoms. The number of nitrogens with zero attached hydrogens (tertiary/aromatic N) is 3. The van der Waals surface area contributed by atoms with Crippen LogP contribution in [0.3, 0.4) is 0 Å². The van der Waals surface area contributed by atoms with Crippen LogP contribution in [0.1, 0.15) is 11.4 Å². The number of alkyl halides is 3. The number of rotatable bonds is 2. The number of aryl methyl sites for hydroxylation is 2. The predicted molar refractivity (Wildman–Crippen MR) is 60.4 cm³/mol. The average molecular weight is 274 g/mol. The zero-order valence-corrected chi connectivity index (χ0v) is 10.1. The second-order valence-electron chi connectivity index (χ2n) is 3.92. The van der Waals surface area contributed by atoms with Gasteiger partial charge in [-0.25, -0.2) is 9.07 Å². The fraction of sp³-hybridized carbons (Fsp3) is 0.273. The first-order chi connectivity index (χ1) is 8.77. The molecule has 1 N–H and O–H groups in total. The summed E-state index contributed by atoms with van der Waals surface area (Å²) in [6.07, 6.45) is -4.53. The Labute approximate surface area is 106 Å². The van der Waals surface area contributed by atoms with Crippen molar-refractivity contribution in [3.05, 3.63) is 35.4 Å². The molecule has 0 saturated heterocycles. The number of nitrogens with one attached hydrogen (secondary N) is 1. The van der Waals surface area contributed by atoms with Gasteiger partial charge in [-0.15, -0.1) is 0 Å². The van der Waals surface area contributed by atoms with Gasteiger partial charge in [0.05, 0.1) is 11.3 Å². The number of halogens is 4. The molecule has 0 aliphatic heterocycles. The summed E-state index contributed by atoms with van der Waals surface area (Å²) in [6.45, 7) is 1.62. The molecule has 0 aliphatic carbocycles. The quantitative estimate of drug-likeness (QED) is 0.856. The summed E-state index contributed by atoms with van der Waals surface area (Å²) in [6, 6.07) is 2.14. The molecule has 1 aromatic carbocycles. The Morgan fingerprint density at radius 3 is 2.47 bits per heavy atom. The zero-order valence-electron chi connectivity index (χ0n) is 10.1. The predicted octanol–water partition coefficient (Wildman–Crippen LogP) is 3.03. The smallest absolute Gasteiger partial charge is 0.322 e. The number of benzene rings is 1. The molecule has 0 fully saturated rings. The second-order valence-corrected chi connectivity index (χ2v) is 3.92. The van der Waals surface area contributed by atoms with Crippen molar-refractivity contribution >= 4 is 11.6 Å². The van der Waals surface area contributed by atoms with Crippen molar-refractivity contribution in [3.63, 3.8) is 0 Å². The Morgan fingerprint density at radius 2 is 1.95 bits per heavy atom. The Morgan fingerprint density at radius 1 is 1.26 bits per heavy atom.